The Balaban J connectivity index is 1.80. The SMILES string of the molecule is O=C(COc1ccccc1)C1CCCC1. The Morgan fingerprint density at radius 3 is 2.53 bits per heavy atom. The number of Topliss-reactive ketones (excluding diaryl/α,β-unsaturated/α-hetero) is 1. The molecule has 0 aromatic heterocycles. The zero-order valence-corrected chi connectivity index (χ0v) is 8.82. The molecule has 2 rings (SSSR count). The molecule has 0 aliphatic heterocycles. The van der Waals surface area contributed by atoms with Crippen LogP contribution in [-0.4, -0.2) is 12.4 Å². The number of para-hydroxylation sites is 1. The van der Waals surface area contributed by atoms with E-state index in [4.69, 9.17) is 4.74 Å². The number of ether oxygens (including phenoxy) is 1. The van der Waals surface area contributed by atoms with Gasteiger partial charge in [-0.2, -0.15) is 0 Å². The van der Waals surface area contributed by atoms with Crippen molar-refractivity contribution in [2.24, 2.45) is 5.92 Å². The van der Waals surface area contributed by atoms with Crippen LogP contribution in [-0.2, 0) is 4.79 Å². The molecule has 0 N–H and O–H groups in total. The van der Waals surface area contributed by atoms with Crippen LogP contribution in [0, 0.1) is 5.92 Å². The molecule has 0 bridgehead atoms. The smallest absolute Gasteiger partial charge is 0.173 e. The van der Waals surface area contributed by atoms with Gasteiger partial charge >= 0.3 is 0 Å². The number of carbonyl (C=O) groups is 1. The second-order valence-electron chi connectivity index (χ2n) is 4.05. The van der Waals surface area contributed by atoms with E-state index < -0.39 is 0 Å². The van der Waals surface area contributed by atoms with Crippen LogP contribution >= 0.6 is 0 Å². The molecule has 1 aliphatic rings. The zero-order chi connectivity index (χ0) is 10.5. The monoisotopic (exact) mass is 204 g/mol. The molecule has 0 amide bonds. The molecule has 1 fully saturated rings. The first-order valence-electron chi connectivity index (χ1n) is 5.57. The Hall–Kier alpha value is -1.31. The molecule has 1 aromatic carbocycles. The molecular formula is C13H16O2. The van der Waals surface area contributed by atoms with E-state index in [1.807, 2.05) is 30.3 Å². The lowest BCUT2D eigenvalue weighted by Crippen LogP contribution is -2.19. The molecule has 0 spiro atoms. The summed E-state index contributed by atoms with van der Waals surface area (Å²) >= 11 is 0. The average Bonchev–Trinajstić information content (AvgIpc) is 2.81. The van der Waals surface area contributed by atoms with E-state index in [0.717, 1.165) is 18.6 Å². The highest BCUT2D eigenvalue weighted by Crippen LogP contribution is 2.25. The lowest BCUT2D eigenvalue weighted by Gasteiger charge is -2.09. The number of rotatable bonds is 4. The molecule has 0 atom stereocenters. The Morgan fingerprint density at radius 2 is 1.87 bits per heavy atom. The van der Waals surface area contributed by atoms with E-state index in [0.29, 0.717) is 0 Å². The van der Waals surface area contributed by atoms with Gasteiger partial charge in [-0.05, 0) is 25.0 Å². The van der Waals surface area contributed by atoms with Gasteiger partial charge in [0, 0.05) is 5.92 Å². The highest BCUT2D eigenvalue weighted by molar-refractivity contribution is 5.82. The normalized spacial score (nSPS) is 16.5. The van der Waals surface area contributed by atoms with Gasteiger partial charge in [-0.3, -0.25) is 4.79 Å². The number of carbonyl (C=O) groups excluding carboxylic acids is 1. The minimum Gasteiger partial charge on any atom is -0.486 e. The third kappa shape index (κ3) is 2.82. The Bertz CT molecular complexity index is 313. The number of ketones is 1. The lowest BCUT2D eigenvalue weighted by molar-refractivity contribution is -0.124. The highest BCUT2D eigenvalue weighted by atomic mass is 16.5. The summed E-state index contributed by atoms with van der Waals surface area (Å²) in [6.45, 7) is 0.231. The summed E-state index contributed by atoms with van der Waals surface area (Å²) in [4.78, 5) is 11.7. The third-order valence-corrected chi connectivity index (χ3v) is 2.93. The first-order chi connectivity index (χ1) is 7.36. The molecule has 15 heavy (non-hydrogen) atoms. The fraction of sp³-hybridized carbons (Fsp3) is 0.462. The van der Waals surface area contributed by atoms with Crippen LogP contribution in [0.4, 0.5) is 0 Å². The molecule has 0 saturated heterocycles. The molecule has 1 aliphatic carbocycles. The number of benzene rings is 1. The molecule has 1 saturated carbocycles. The van der Waals surface area contributed by atoms with Gasteiger partial charge < -0.3 is 4.74 Å². The fourth-order valence-electron chi connectivity index (χ4n) is 2.04. The topological polar surface area (TPSA) is 26.3 Å². The van der Waals surface area contributed by atoms with Crippen molar-refractivity contribution in [2.75, 3.05) is 6.61 Å². The van der Waals surface area contributed by atoms with Gasteiger partial charge in [-0.15, -0.1) is 0 Å². The predicted octanol–water partition coefficient (Wildman–Crippen LogP) is 2.82. The highest BCUT2D eigenvalue weighted by Gasteiger charge is 2.22. The molecule has 2 heteroatoms. The van der Waals surface area contributed by atoms with Gasteiger partial charge in [0.15, 0.2) is 5.78 Å². The summed E-state index contributed by atoms with van der Waals surface area (Å²) in [7, 11) is 0. The summed E-state index contributed by atoms with van der Waals surface area (Å²) < 4.78 is 5.43. The van der Waals surface area contributed by atoms with Crippen molar-refractivity contribution in [3.05, 3.63) is 30.3 Å². The second kappa shape index (κ2) is 4.96. The Morgan fingerprint density at radius 1 is 1.20 bits per heavy atom. The maximum absolute atomic E-state index is 11.7. The molecule has 0 unspecified atom stereocenters. The van der Waals surface area contributed by atoms with Gasteiger partial charge in [0.1, 0.15) is 12.4 Å². The van der Waals surface area contributed by atoms with Crippen molar-refractivity contribution in [1.29, 1.82) is 0 Å². The minimum absolute atomic E-state index is 0.231. The van der Waals surface area contributed by atoms with E-state index in [2.05, 4.69) is 0 Å². The summed E-state index contributed by atoms with van der Waals surface area (Å²) in [5.41, 5.74) is 0. The molecule has 2 nitrogen and oxygen atoms in total. The molecular weight excluding hydrogens is 188 g/mol. The van der Waals surface area contributed by atoms with Gasteiger partial charge in [-0.1, -0.05) is 31.0 Å². The summed E-state index contributed by atoms with van der Waals surface area (Å²) in [5.74, 6) is 1.30. The predicted molar refractivity (Wildman–Crippen MR) is 58.9 cm³/mol. The van der Waals surface area contributed by atoms with Gasteiger partial charge in [0.2, 0.25) is 0 Å². The van der Waals surface area contributed by atoms with Crippen LogP contribution in [0.3, 0.4) is 0 Å². The van der Waals surface area contributed by atoms with Gasteiger partial charge in [0.05, 0.1) is 0 Å². The van der Waals surface area contributed by atoms with E-state index in [-0.39, 0.29) is 18.3 Å². The zero-order valence-electron chi connectivity index (χ0n) is 8.82. The maximum Gasteiger partial charge on any atom is 0.173 e. The van der Waals surface area contributed by atoms with E-state index in [1.165, 1.54) is 12.8 Å². The molecule has 0 heterocycles. The fourth-order valence-corrected chi connectivity index (χ4v) is 2.04. The number of hydrogen-bond acceptors (Lipinski definition) is 2. The van der Waals surface area contributed by atoms with Crippen LogP contribution in [0.5, 0.6) is 5.75 Å². The Kier molecular flexibility index (Phi) is 3.38. The lowest BCUT2D eigenvalue weighted by atomic mass is 10.0. The van der Waals surface area contributed by atoms with Crippen molar-refractivity contribution < 1.29 is 9.53 Å². The summed E-state index contributed by atoms with van der Waals surface area (Å²) in [5, 5.41) is 0. The Labute approximate surface area is 90.3 Å². The van der Waals surface area contributed by atoms with E-state index in [9.17, 15) is 4.79 Å². The largest absolute Gasteiger partial charge is 0.486 e. The standard InChI is InChI=1S/C13H16O2/c14-13(11-6-4-5-7-11)10-15-12-8-2-1-3-9-12/h1-3,8-9,11H,4-7,10H2. The quantitative estimate of drug-likeness (QED) is 0.753. The second-order valence-corrected chi connectivity index (χ2v) is 4.05. The van der Waals surface area contributed by atoms with Crippen LogP contribution in [0.15, 0.2) is 30.3 Å². The van der Waals surface area contributed by atoms with Crippen molar-refractivity contribution in [3.63, 3.8) is 0 Å². The van der Waals surface area contributed by atoms with Crippen LogP contribution in [0.25, 0.3) is 0 Å². The molecule has 1 aromatic rings. The third-order valence-electron chi connectivity index (χ3n) is 2.93. The van der Waals surface area contributed by atoms with E-state index in [1.54, 1.807) is 0 Å². The van der Waals surface area contributed by atoms with Crippen LogP contribution in [0.1, 0.15) is 25.7 Å². The minimum atomic E-state index is 0.231. The molecule has 80 valence electrons. The summed E-state index contributed by atoms with van der Waals surface area (Å²) in [6.07, 6.45) is 4.50. The van der Waals surface area contributed by atoms with Gasteiger partial charge in [0.25, 0.3) is 0 Å². The van der Waals surface area contributed by atoms with Gasteiger partial charge in [-0.25, -0.2) is 0 Å². The van der Waals surface area contributed by atoms with Crippen molar-refractivity contribution in [3.8, 4) is 5.75 Å². The van der Waals surface area contributed by atoms with Crippen molar-refractivity contribution in [1.82, 2.24) is 0 Å². The first-order valence-corrected chi connectivity index (χ1v) is 5.57. The average molecular weight is 204 g/mol. The molecule has 0 radical (unpaired) electrons. The number of hydrogen-bond donors (Lipinski definition) is 0. The summed E-state index contributed by atoms with van der Waals surface area (Å²) in [6, 6.07) is 9.51. The maximum atomic E-state index is 11.7. The van der Waals surface area contributed by atoms with E-state index >= 15 is 0 Å². The van der Waals surface area contributed by atoms with Crippen LogP contribution in [0.2, 0.25) is 0 Å². The van der Waals surface area contributed by atoms with Crippen molar-refractivity contribution >= 4 is 5.78 Å². The first kappa shape index (κ1) is 10.2. The van der Waals surface area contributed by atoms with Crippen molar-refractivity contribution in [2.45, 2.75) is 25.7 Å². The van der Waals surface area contributed by atoms with Crippen LogP contribution < -0.4 is 4.74 Å².